The lowest BCUT2D eigenvalue weighted by atomic mass is 10.2. The molecule has 0 aliphatic rings. The van der Waals surface area contributed by atoms with Gasteiger partial charge in [0.2, 0.25) is 0 Å². The molecule has 0 aromatic heterocycles. The molecule has 19 heavy (non-hydrogen) atoms. The molecule has 0 aliphatic carbocycles. The van der Waals surface area contributed by atoms with E-state index in [0.717, 1.165) is 0 Å². The van der Waals surface area contributed by atoms with Gasteiger partial charge in [0.05, 0.1) is 5.56 Å². The Bertz CT molecular complexity index is 472. The molecule has 1 N–H and O–H groups in total. The molecule has 0 bridgehead atoms. The lowest BCUT2D eigenvalue weighted by Gasteiger charge is -2.18. The van der Waals surface area contributed by atoms with Crippen LogP contribution in [0.2, 0.25) is 0 Å². The zero-order valence-corrected chi connectivity index (χ0v) is 12.4. The summed E-state index contributed by atoms with van der Waals surface area (Å²) in [5.74, 6) is -0.807. The monoisotopic (exact) mass is 329 g/mol. The minimum atomic E-state index is -1.05. The van der Waals surface area contributed by atoms with E-state index in [9.17, 15) is 9.59 Å². The van der Waals surface area contributed by atoms with Crippen molar-refractivity contribution in [3.8, 4) is 5.75 Å². The Morgan fingerprint density at radius 3 is 2.47 bits per heavy atom. The summed E-state index contributed by atoms with van der Waals surface area (Å²) in [4.78, 5) is 24.3. The van der Waals surface area contributed by atoms with Gasteiger partial charge < -0.3 is 14.7 Å². The van der Waals surface area contributed by atoms with Crippen LogP contribution < -0.4 is 4.74 Å². The quantitative estimate of drug-likeness (QED) is 0.870. The highest BCUT2D eigenvalue weighted by atomic mass is 79.9. The number of ether oxygens (including phenoxy) is 1. The summed E-state index contributed by atoms with van der Waals surface area (Å²) in [5, 5.41) is 8.97. The van der Waals surface area contributed by atoms with Gasteiger partial charge in [0, 0.05) is 17.6 Å². The molecule has 0 radical (unpaired) electrons. The van der Waals surface area contributed by atoms with E-state index in [1.807, 2.05) is 13.8 Å². The van der Waals surface area contributed by atoms with E-state index in [0.29, 0.717) is 23.3 Å². The van der Waals surface area contributed by atoms with E-state index in [1.54, 1.807) is 17.0 Å². The number of carbonyl (C=O) groups is 2. The predicted octanol–water partition coefficient (Wildman–Crippen LogP) is 2.39. The predicted molar refractivity (Wildman–Crippen MR) is 74.5 cm³/mol. The van der Waals surface area contributed by atoms with E-state index in [4.69, 9.17) is 9.84 Å². The highest BCUT2D eigenvalue weighted by Gasteiger charge is 2.12. The van der Waals surface area contributed by atoms with Crippen molar-refractivity contribution in [3.05, 3.63) is 28.2 Å². The van der Waals surface area contributed by atoms with Gasteiger partial charge in [-0.05, 0) is 48.0 Å². The number of benzene rings is 1. The number of hydrogen-bond acceptors (Lipinski definition) is 3. The van der Waals surface area contributed by atoms with Crippen LogP contribution in [0, 0.1) is 0 Å². The third-order valence-corrected chi connectivity index (χ3v) is 3.34. The highest BCUT2D eigenvalue weighted by molar-refractivity contribution is 9.10. The van der Waals surface area contributed by atoms with Crippen LogP contribution >= 0.6 is 15.9 Å². The fourth-order valence-corrected chi connectivity index (χ4v) is 1.99. The molecule has 0 heterocycles. The van der Waals surface area contributed by atoms with Crippen molar-refractivity contribution in [1.29, 1.82) is 0 Å². The van der Waals surface area contributed by atoms with Crippen LogP contribution in [0.4, 0.5) is 0 Å². The Morgan fingerprint density at radius 2 is 1.95 bits per heavy atom. The average Bonchev–Trinajstić information content (AvgIpc) is 2.38. The standard InChI is InChI=1S/C13H16BrNO4/c1-3-15(4-2)12(16)8-19-9-5-6-11(14)10(7-9)13(17)18/h5-7H,3-4,8H2,1-2H3,(H,17,18). The Morgan fingerprint density at radius 1 is 1.32 bits per heavy atom. The normalized spacial score (nSPS) is 10.1. The van der Waals surface area contributed by atoms with E-state index < -0.39 is 5.97 Å². The van der Waals surface area contributed by atoms with Crippen LogP contribution in [0.1, 0.15) is 24.2 Å². The Hall–Kier alpha value is -1.56. The highest BCUT2D eigenvalue weighted by Crippen LogP contribution is 2.22. The minimum absolute atomic E-state index is 0.0949. The molecule has 0 fully saturated rings. The molecule has 1 aromatic carbocycles. The summed E-state index contributed by atoms with van der Waals surface area (Å²) < 4.78 is 5.80. The number of halogens is 1. The lowest BCUT2D eigenvalue weighted by molar-refractivity contribution is -0.132. The SMILES string of the molecule is CCN(CC)C(=O)COc1ccc(Br)c(C(=O)O)c1. The van der Waals surface area contributed by atoms with Crippen LogP contribution in [0.15, 0.2) is 22.7 Å². The Labute approximate surface area is 120 Å². The maximum Gasteiger partial charge on any atom is 0.336 e. The van der Waals surface area contributed by atoms with Crippen molar-refractivity contribution in [3.63, 3.8) is 0 Å². The van der Waals surface area contributed by atoms with Crippen molar-refractivity contribution in [2.75, 3.05) is 19.7 Å². The Kier molecular flexibility index (Phi) is 5.82. The Balaban J connectivity index is 2.71. The fraction of sp³-hybridized carbons (Fsp3) is 0.385. The molecular weight excluding hydrogens is 314 g/mol. The number of nitrogens with zero attached hydrogens (tertiary/aromatic N) is 1. The molecule has 1 amide bonds. The van der Waals surface area contributed by atoms with E-state index in [2.05, 4.69) is 15.9 Å². The molecule has 5 nitrogen and oxygen atoms in total. The van der Waals surface area contributed by atoms with E-state index in [1.165, 1.54) is 6.07 Å². The van der Waals surface area contributed by atoms with Crippen LogP contribution in [-0.4, -0.2) is 41.6 Å². The van der Waals surface area contributed by atoms with Crippen LogP contribution in [-0.2, 0) is 4.79 Å². The third-order valence-electron chi connectivity index (χ3n) is 2.65. The molecule has 0 atom stereocenters. The summed E-state index contributed by atoms with van der Waals surface area (Å²) in [6, 6.07) is 4.59. The van der Waals surface area contributed by atoms with Gasteiger partial charge in [-0.15, -0.1) is 0 Å². The number of hydrogen-bond donors (Lipinski definition) is 1. The maximum atomic E-state index is 11.7. The first-order chi connectivity index (χ1) is 8.99. The summed E-state index contributed by atoms with van der Waals surface area (Å²) in [7, 11) is 0. The van der Waals surface area contributed by atoms with Crippen molar-refractivity contribution in [2.45, 2.75) is 13.8 Å². The zero-order chi connectivity index (χ0) is 14.4. The number of amides is 1. The van der Waals surface area contributed by atoms with Gasteiger partial charge >= 0.3 is 5.97 Å². The average molecular weight is 330 g/mol. The van der Waals surface area contributed by atoms with Gasteiger partial charge in [-0.25, -0.2) is 4.79 Å². The molecule has 0 aliphatic heterocycles. The fourth-order valence-electron chi connectivity index (χ4n) is 1.57. The van der Waals surface area contributed by atoms with Crippen molar-refractivity contribution in [1.82, 2.24) is 4.90 Å². The summed E-state index contributed by atoms with van der Waals surface area (Å²) in [6.45, 7) is 4.94. The van der Waals surface area contributed by atoms with Gasteiger partial charge in [-0.1, -0.05) is 0 Å². The number of carboxylic acid groups (broad SMARTS) is 1. The number of aromatic carboxylic acids is 1. The summed E-state index contributed by atoms with van der Waals surface area (Å²) in [6.07, 6.45) is 0. The summed E-state index contributed by atoms with van der Waals surface area (Å²) >= 11 is 3.15. The molecule has 0 spiro atoms. The van der Waals surface area contributed by atoms with Gasteiger partial charge in [0.15, 0.2) is 6.61 Å². The molecule has 0 saturated carbocycles. The second-order valence-electron chi connectivity index (χ2n) is 3.80. The second-order valence-corrected chi connectivity index (χ2v) is 4.66. The largest absolute Gasteiger partial charge is 0.484 e. The van der Waals surface area contributed by atoms with Crippen molar-refractivity contribution >= 4 is 27.8 Å². The second kappa shape index (κ2) is 7.13. The molecule has 0 saturated heterocycles. The molecule has 6 heteroatoms. The van der Waals surface area contributed by atoms with Crippen LogP contribution in [0.3, 0.4) is 0 Å². The number of carboxylic acids is 1. The van der Waals surface area contributed by atoms with Gasteiger partial charge in [0.1, 0.15) is 5.75 Å². The first-order valence-electron chi connectivity index (χ1n) is 5.93. The van der Waals surface area contributed by atoms with Crippen molar-refractivity contribution < 1.29 is 19.4 Å². The van der Waals surface area contributed by atoms with Crippen LogP contribution in [0.25, 0.3) is 0 Å². The van der Waals surface area contributed by atoms with E-state index in [-0.39, 0.29) is 18.1 Å². The van der Waals surface area contributed by atoms with Gasteiger partial charge in [-0.3, -0.25) is 4.79 Å². The molecule has 1 rings (SSSR count). The smallest absolute Gasteiger partial charge is 0.336 e. The van der Waals surface area contributed by atoms with E-state index >= 15 is 0 Å². The molecule has 1 aromatic rings. The first-order valence-corrected chi connectivity index (χ1v) is 6.72. The number of likely N-dealkylation sites (N-methyl/N-ethyl adjacent to an activating group) is 1. The molecule has 0 unspecified atom stereocenters. The molecule has 104 valence electrons. The zero-order valence-electron chi connectivity index (χ0n) is 10.9. The topological polar surface area (TPSA) is 66.8 Å². The number of carbonyl (C=O) groups excluding carboxylic acids is 1. The summed E-state index contributed by atoms with van der Waals surface area (Å²) in [5.41, 5.74) is 0.104. The minimum Gasteiger partial charge on any atom is -0.484 e. The lowest BCUT2D eigenvalue weighted by Crippen LogP contribution is -2.34. The number of rotatable bonds is 6. The van der Waals surface area contributed by atoms with Crippen molar-refractivity contribution in [2.24, 2.45) is 0 Å². The third kappa shape index (κ3) is 4.24. The molecular formula is C13H16BrNO4. The van der Waals surface area contributed by atoms with Gasteiger partial charge in [-0.2, -0.15) is 0 Å². The first kappa shape index (κ1) is 15.5. The van der Waals surface area contributed by atoms with Gasteiger partial charge in [0.25, 0.3) is 5.91 Å². The van der Waals surface area contributed by atoms with Crippen LogP contribution in [0.5, 0.6) is 5.75 Å². The maximum absolute atomic E-state index is 11.7.